The van der Waals surface area contributed by atoms with Crippen molar-refractivity contribution >= 4 is 11.3 Å². The van der Waals surface area contributed by atoms with Crippen LogP contribution in [-0.4, -0.2) is 16.7 Å². The third-order valence-electron chi connectivity index (χ3n) is 2.69. The van der Waals surface area contributed by atoms with Crippen LogP contribution in [0.5, 0.6) is 0 Å². The summed E-state index contributed by atoms with van der Waals surface area (Å²) in [7, 11) is 0. The van der Waals surface area contributed by atoms with E-state index in [1.807, 2.05) is 12.4 Å². The molecule has 0 aromatic carbocycles. The maximum absolute atomic E-state index is 8.96. The van der Waals surface area contributed by atoms with Crippen LogP contribution in [0.1, 0.15) is 16.7 Å². The molecule has 0 saturated carbocycles. The van der Waals surface area contributed by atoms with Crippen LogP contribution in [0.2, 0.25) is 0 Å². The molecule has 3 nitrogen and oxygen atoms in total. The van der Waals surface area contributed by atoms with Gasteiger partial charge in [-0.25, -0.2) is 0 Å². The zero-order chi connectivity index (χ0) is 11.4. The zero-order valence-electron chi connectivity index (χ0n) is 9.26. The van der Waals surface area contributed by atoms with Crippen LogP contribution < -0.4 is 4.57 Å². The standard InChI is InChI=1S/C12H15N2OS/c1-10-11(2-4-15)6-13-7-12(10)8-14-3-5-16-9-14/h3,5-7,9,15H,2,4,8H2,1H3/q+1. The molecule has 2 rings (SSSR count). The molecule has 2 aromatic rings. The fourth-order valence-electron chi connectivity index (χ4n) is 1.70. The molecule has 0 spiro atoms. The third kappa shape index (κ3) is 2.46. The molecule has 2 aromatic heterocycles. The van der Waals surface area contributed by atoms with Gasteiger partial charge in [-0.1, -0.05) is 11.3 Å². The van der Waals surface area contributed by atoms with Gasteiger partial charge in [0.05, 0.1) is 5.38 Å². The number of hydrogen-bond donors (Lipinski definition) is 1. The van der Waals surface area contributed by atoms with Crippen molar-refractivity contribution in [2.75, 3.05) is 6.61 Å². The number of rotatable bonds is 4. The van der Waals surface area contributed by atoms with Gasteiger partial charge in [-0.3, -0.25) is 4.98 Å². The highest BCUT2D eigenvalue weighted by Crippen LogP contribution is 2.12. The van der Waals surface area contributed by atoms with Crippen LogP contribution in [-0.2, 0) is 13.0 Å². The van der Waals surface area contributed by atoms with E-state index in [1.165, 1.54) is 11.1 Å². The molecule has 0 aliphatic rings. The molecule has 0 aliphatic heterocycles. The Morgan fingerprint density at radius 3 is 2.88 bits per heavy atom. The summed E-state index contributed by atoms with van der Waals surface area (Å²) in [6.07, 6.45) is 6.48. The van der Waals surface area contributed by atoms with E-state index in [-0.39, 0.29) is 6.61 Å². The lowest BCUT2D eigenvalue weighted by molar-refractivity contribution is -0.683. The van der Waals surface area contributed by atoms with Crippen LogP contribution in [0.25, 0.3) is 0 Å². The molecule has 0 bridgehead atoms. The van der Waals surface area contributed by atoms with Crippen molar-refractivity contribution < 1.29 is 9.67 Å². The second-order valence-corrected chi connectivity index (χ2v) is 4.51. The second-order valence-electron chi connectivity index (χ2n) is 3.76. The van der Waals surface area contributed by atoms with E-state index >= 15 is 0 Å². The summed E-state index contributed by atoms with van der Waals surface area (Å²) in [4.78, 5) is 4.22. The summed E-state index contributed by atoms with van der Waals surface area (Å²) in [6.45, 7) is 3.12. The van der Waals surface area contributed by atoms with Crippen LogP contribution in [0.15, 0.2) is 29.5 Å². The first-order valence-corrected chi connectivity index (χ1v) is 6.20. The molecule has 0 atom stereocenters. The minimum Gasteiger partial charge on any atom is -0.396 e. The molecule has 84 valence electrons. The van der Waals surface area contributed by atoms with E-state index < -0.39 is 0 Å². The number of aliphatic hydroxyl groups excluding tert-OH is 1. The van der Waals surface area contributed by atoms with Crippen LogP contribution in [0.4, 0.5) is 0 Å². The van der Waals surface area contributed by atoms with E-state index in [4.69, 9.17) is 5.11 Å². The molecule has 1 N–H and O–H groups in total. The maximum Gasteiger partial charge on any atom is 0.224 e. The van der Waals surface area contributed by atoms with Crippen molar-refractivity contribution in [3.05, 3.63) is 46.2 Å². The van der Waals surface area contributed by atoms with E-state index in [0.717, 1.165) is 12.1 Å². The Morgan fingerprint density at radius 1 is 1.38 bits per heavy atom. The number of pyridine rings is 1. The van der Waals surface area contributed by atoms with Gasteiger partial charge >= 0.3 is 0 Å². The minimum absolute atomic E-state index is 0.178. The largest absolute Gasteiger partial charge is 0.396 e. The third-order valence-corrected chi connectivity index (χ3v) is 3.36. The summed E-state index contributed by atoms with van der Waals surface area (Å²) >= 11 is 1.68. The summed E-state index contributed by atoms with van der Waals surface area (Å²) in [6, 6.07) is 0. The number of aliphatic hydroxyl groups is 1. The second kappa shape index (κ2) is 5.18. The van der Waals surface area contributed by atoms with Gasteiger partial charge in [0.2, 0.25) is 5.51 Å². The quantitative estimate of drug-likeness (QED) is 0.812. The van der Waals surface area contributed by atoms with Gasteiger partial charge < -0.3 is 5.11 Å². The molecule has 0 unspecified atom stereocenters. The fraction of sp³-hybridized carbons (Fsp3) is 0.333. The van der Waals surface area contributed by atoms with Gasteiger partial charge in [0.25, 0.3) is 0 Å². The first-order valence-electron chi connectivity index (χ1n) is 5.25. The van der Waals surface area contributed by atoms with Gasteiger partial charge in [-0.15, -0.1) is 0 Å². The monoisotopic (exact) mass is 235 g/mol. The Kier molecular flexibility index (Phi) is 3.64. The van der Waals surface area contributed by atoms with Crippen molar-refractivity contribution in [1.29, 1.82) is 0 Å². The molecule has 0 radical (unpaired) electrons. The van der Waals surface area contributed by atoms with Crippen LogP contribution >= 0.6 is 11.3 Å². The van der Waals surface area contributed by atoms with Gasteiger partial charge in [0, 0.05) is 24.6 Å². The molecule has 0 amide bonds. The summed E-state index contributed by atoms with van der Waals surface area (Å²) < 4.78 is 2.14. The number of nitrogens with zero attached hydrogens (tertiary/aromatic N) is 2. The number of aromatic nitrogens is 2. The molecular weight excluding hydrogens is 220 g/mol. The van der Waals surface area contributed by atoms with E-state index in [2.05, 4.69) is 33.6 Å². The molecule has 0 aliphatic carbocycles. The highest BCUT2D eigenvalue weighted by Gasteiger charge is 2.09. The zero-order valence-corrected chi connectivity index (χ0v) is 10.1. The van der Waals surface area contributed by atoms with Crippen molar-refractivity contribution in [2.45, 2.75) is 19.9 Å². The first-order chi connectivity index (χ1) is 7.81. The van der Waals surface area contributed by atoms with Gasteiger partial charge in [-0.05, 0) is 24.5 Å². The van der Waals surface area contributed by atoms with E-state index in [1.54, 1.807) is 11.3 Å². The summed E-state index contributed by atoms with van der Waals surface area (Å²) in [5.41, 5.74) is 5.67. The Hall–Kier alpha value is -1.26. The van der Waals surface area contributed by atoms with E-state index in [0.29, 0.717) is 6.42 Å². The summed E-state index contributed by atoms with van der Waals surface area (Å²) in [5, 5.41) is 11.0. The lowest BCUT2D eigenvalue weighted by Crippen LogP contribution is -2.31. The van der Waals surface area contributed by atoms with Crippen molar-refractivity contribution in [1.82, 2.24) is 4.98 Å². The van der Waals surface area contributed by atoms with E-state index in [9.17, 15) is 0 Å². The Bertz CT molecular complexity index is 454. The average Bonchev–Trinajstić information content (AvgIpc) is 2.77. The Balaban J connectivity index is 2.24. The molecular formula is C12H15N2OS+. The van der Waals surface area contributed by atoms with Crippen LogP contribution in [0.3, 0.4) is 0 Å². The van der Waals surface area contributed by atoms with Gasteiger partial charge in [0.1, 0.15) is 0 Å². The van der Waals surface area contributed by atoms with Crippen molar-refractivity contribution in [2.24, 2.45) is 0 Å². The van der Waals surface area contributed by atoms with Gasteiger partial charge in [-0.2, -0.15) is 4.57 Å². The molecule has 16 heavy (non-hydrogen) atoms. The lowest BCUT2D eigenvalue weighted by Gasteiger charge is -2.06. The van der Waals surface area contributed by atoms with Gasteiger partial charge in [0.15, 0.2) is 12.7 Å². The molecule has 0 fully saturated rings. The lowest BCUT2D eigenvalue weighted by atomic mass is 10.0. The Labute approximate surface area is 99.0 Å². The predicted molar refractivity (Wildman–Crippen MR) is 63.4 cm³/mol. The summed E-state index contributed by atoms with van der Waals surface area (Å²) in [5.74, 6) is 0. The highest BCUT2D eigenvalue weighted by atomic mass is 32.1. The molecule has 2 heterocycles. The van der Waals surface area contributed by atoms with Crippen LogP contribution in [0, 0.1) is 6.92 Å². The number of hydrogen-bond acceptors (Lipinski definition) is 3. The topological polar surface area (TPSA) is 37.0 Å². The Morgan fingerprint density at radius 2 is 2.19 bits per heavy atom. The average molecular weight is 235 g/mol. The van der Waals surface area contributed by atoms with Crippen molar-refractivity contribution in [3.8, 4) is 0 Å². The SMILES string of the molecule is Cc1c(CCO)cncc1C[n+]1ccsc1. The first kappa shape index (κ1) is 11.2. The normalized spacial score (nSPS) is 10.6. The molecule has 4 heteroatoms. The predicted octanol–water partition coefficient (Wildman–Crippen LogP) is 1.32. The fourth-order valence-corrected chi connectivity index (χ4v) is 2.30. The highest BCUT2D eigenvalue weighted by molar-refractivity contribution is 7.07. The van der Waals surface area contributed by atoms with Crippen molar-refractivity contribution in [3.63, 3.8) is 0 Å². The number of thiazole rings is 1. The maximum atomic E-state index is 8.96. The molecule has 0 saturated heterocycles. The smallest absolute Gasteiger partial charge is 0.224 e. The minimum atomic E-state index is 0.178.